The second-order valence-corrected chi connectivity index (χ2v) is 4.19. The molecule has 5 nitrogen and oxygen atoms in total. The number of hydrogen-bond donors (Lipinski definition) is 2. The Bertz CT molecular complexity index is 583. The fourth-order valence-corrected chi connectivity index (χ4v) is 1.55. The Labute approximate surface area is 109 Å². The lowest BCUT2D eigenvalue weighted by atomic mass is 10.2. The van der Waals surface area contributed by atoms with Crippen LogP contribution in [0.25, 0.3) is 0 Å². The van der Waals surface area contributed by atoms with E-state index in [0.717, 1.165) is 5.56 Å². The lowest BCUT2D eigenvalue weighted by Gasteiger charge is -2.08. The predicted octanol–water partition coefficient (Wildman–Crippen LogP) is 2.27. The summed E-state index contributed by atoms with van der Waals surface area (Å²) >= 11 is 5.87. The van der Waals surface area contributed by atoms with Crippen LogP contribution in [0.4, 0.5) is 11.5 Å². The van der Waals surface area contributed by atoms with Gasteiger partial charge in [0.15, 0.2) is 5.69 Å². The van der Waals surface area contributed by atoms with Gasteiger partial charge < -0.3 is 11.1 Å². The smallest absolute Gasteiger partial charge is 0.276 e. The van der Waals surface area contributed by atoms with E-state index in [2.05, 4.69) is 15.5 Å². The summed E-state index contributed by atoms with van der Waals surface area (Å²) in [5, 5.41) is 10.6. The SMILES string of the molecule is Cc1ccc(Cl)cc1NC(=O)c1ccc(N)nn1. The lowest BCUT2D eigenvalue weighted by Crippen LogP contribution is -2.15. The number of carbonyl (C=O) groups excluding carboxylic acids is 1. The maximum absolute atomic E-state index is 11.9. The predicted molar refractivity (Wildman–Crippen MR) is 70.6 cm³/mol. The molecule has 0 aliphatic carbocycles. The van der Waals surface area contributed by atoms with Gasteiger partial charge in [-0.2, -0.15) is 0 Å². The van der Waals surface area contributed by atoms with Crippen LogP contribution in [-0.2, 0) is 0 Å². The quantitative estimate of drug-likeness (QED) is 0.870. The average Bonchev–Trinajstić information content (AvgIpc) is 2.34. The van der Waals surface area contributed by atoms with Crippen molar-refractivity contribution in [3.8, 4) is 0 Å². The Kier molecular flexibility index (Phi) is 3.43. The zero-order valence-electron chi connectivity index (χ0n) is 9.64. The van der Waals surface area contributed by atoms with Gasteiger partial charge in [-0.1, -0.05) is 17.7 Å². The van der Waals surface area contributed by atoms with Crippen LogP contribution in [0.15, 0.2) is 30.3 Å². The minimum Gasteiger partial charge on any atom is -0.382 e. The Balaban J connectivity index is 2.21. The standard InChI is InChI=1S/C12H11ClN4O/c1-7-2-3-8(13)6-10(7)15-12(18)9-4-5-11(14)17-16-9/h2-6H,1H3,(H2,14,17)(H,15,18). The highest BCUT2D eigenvalue weighted by Crippen LogP contribution is 2.20. The summed E-state index contributed by atoms with van der Waals surface area (Å²) in [6.45, 7) is 1.88. The van der Waals surface area contributed by atoms with Gasteiger partial charge in [0.2, 0.25) is 0 Å². The molecule has 1 aromatic heterocycles. The summed E-state index contributed by atoms with van der Waals surface area (Å²) in [7, 11) is 0. The van der Waals surface area contributed by atoms with Crippen molar-refractivity contribution in [1.82, 2.24) is 10.2 Å². The third kappa shape index (κ3) is 2.75. The molecule has 0 saturated carbocycles. The molecule has 18 heavy (non-hydrogen) atoms. The number of amides is 1. The lowest BCUT2D eigenvalue weighted by molar-refractivity contribution is 0.102. The largest absolute Gasteiger partial charge is 0.382 e. The van der Waals surface area contributed by atoms with Gasteiger partial charge in [0.1, 0.15) is 5.82 Å². The second-order valence-electron chi connectivity index (χ2n) is 3.76. The first kappa shape index (κ1) is 12.3. The van der Waals surface area contributed by atoms with E-state index >= 15 is 0 Å². The molecular weight excluding hydrogens is 252 g/mol. The summed E-state index contributed by atoms with van der Waals surface area (Å²) < 4.78 is 0. The number of nitrogens with one attached hydrogen (secondary N) is 1. The van der Waals surface area contributed by atoms with Crippen molar-refractivity contribution in [3.05, 3.63) is 46.6 Å². The van der Waals surface area contributed by atoms with E-state index in [1.165, 1.54) is 12.1 Å². The van der Waals surface area contributed by atoms with Crippen molar-refractivity contribution in [3.63, 3.8) is 0 Å². The van der Waals surface area contributed by atoms with Crippen molar-refractivity contribution in [2.24, 2.45) is 0 Å². The monoisotopic (exact) mass is 262 g/mol. The number of halogens is 1. The van der Waals surface area contributed by atoms with Crippen LogP contribution in [0.1, 0.15) is 16.1 Å². The van der Waals surface area contributed by atoms with Gasteiger partial charge in [0, 0.05) is 10.7 Å². The van der Waals surface area contributed by atoms with Crippen molar-refractivity contribution >= 4 is 29.0 Å². The Morgan fingerprint density at radius 1 is 1.28 bits per heavy atom. The van der Waals surface area contributed by atoms with Crippen LogP contribution in [0.2, 0.25) is 5.02 Å². The molecule has 0 aliphatic rings. The van der Waals surface area contributed by atoms with Crippen molar-refractivity contribution in [2.75, 3.05) is 11.1 Å². The Morgan fingerprint density at radius 2 is 2.06 bits per heavy atom. The van der Waals surface area contributed by atoms with Gasteiger partial charge in [-0.15, -0.1) is 10.2 Å². The van der Waals surface area contributed by atoms with E-state index < -0.39 is 0 Å². The van der Waals surface area contributed by atoms with Crippen LogP contribution in [-0.4, -0.2) is 16.1 Å². The molecule has 2 aromatic rings. The fraction of sp³-hybridized carbons (Fsp3) is 0.0833. The first-order valence-electron chi connectivity index (χ1n) is 5.23. The molecule has 1 heterocycles. The number of anilines is 2. The normalized spacial score (nSPS) is 10.1. The van der Waals surface area contributed by atoms with Gasteiger partial charge >= 0.3 is 0 Å². The molecular formula is C12H11ClN4O. The number of rotatable bonds is 2. The van der Waals surface area contributed by atoms with Crippen LogP contribution in [0, 0.1) is 6.92 Å². The summed E-state index contributed by atoms with van der Waals surface area (Å²) in [4.78, 5) is 11.9. The summed E-state index contributed by atoms with van der Waals surface area (Å²) in [6.07, 6.45) is 0. The van der Waals surface area contributed by atoms with E-state index in [0.29, 0.717) is 10.7 Å². The summed E-state index contributed by atoms with van der Waals surface area (Å²) in [5.41, 5.74) is 7.16. The molecule has 0 radical (unpaired) electrons. The van der Waals surface area contributed by atoms with Crippen molar-refractivity contribution in [1.29, 1.82) is 0 Å². The zero-order valence-corrected chi connectivity index (χ0v) is 10.4. The Hall–Kier alpha value is -2.14. The van der Waals surface area contributed by atoms with Crippen LogP contribution in [0.5, 0.6) is 0 Å². The average molecular weight is 263 g/mol. The first-order valence-corrected chi connectivity index (χ1v) is 5.61. The maximum Gasteiger partial charge on any atom is 0.276 e. The highest BCUT2D eigenvalue weighted by Gasteiger charge is 2.09. The third-order valence-corrected chi connectivity index (χ3v) is 2.60. The number of aromatic nitrogens is 2. The number of hydrogen-bond acceptors (Lipinski definition) is 4. The van der Waals surface area contributed by atoms with Crippen LogP contribution < -0.4 is 11.1 Å². The highest BCUT2D eigenvalue weighted by molar-refractivity contribution is 6.31. The van der Waals surface area contributed by atoms with E-state index in [1.807, 2.05) is 13.0 Å². The Morgan fingerprint density at radius 3 is 2.72 bits per heavy atom. The van der Waals surface area contributed by atoms with Crippen LogP contribution >= 0.6 is 11.6 Å². The molecule has 0 saturated heterocycles. The molecule has 0 bridgehead atoms. The summed E-state index contributed by atoms with van der Waals surface area (Å²) in [5.74, 6) is -0.0849. The molecule has 6 heteroatoms. The molecule has 0 spiro atoms. The number of carbonyl (C=O) groups is 1. The van der Waals surface area contributed by atoms with Crippen molar-refractivity contribution < 1.29 is 4.79 Å². The van der Waals surface area contributed by atoms with Gasteiger partial charge in [0.05, 0.1) is 0 Å². The van der Waals surface area contributed by atoms with Crippen LogP contribution in [0.3, 0.4) is 0 Å². The first-order chi connectivity index (χ1) is 8.56. The fourth-order valence-electron chi connectivity index (χ4n) is 1.38. The molecule has 92 valence electrons. The number of aryl methyl sites for hydroxylation is 1. The maximum atomic E-state index is 11.9. The minimum absolute atomic E-state index is 0.198. The number of nitrogen functional groups attached to an aromatic ring is 1. The summed E-state index contributed by atoms with van der Waals surface area (Å²) in [6, 6.07) is 8.30. The highest BCUT2D eigenvalue weighted by atomic mass is 35.5. The molecule has 1 aromatic carbocycles. The number of benzene rings is 1. The number of nitrogens with zero attached hydrogens (tertiary/aromatic N) is 2. The van der Waals surface area contributed by atoms with E-state index in [9.17, 15) is 4.79 Å². The van der Waals surface area contributed by atoms with Gasteiger partial charge in [-0.25, -0.2) is 0 Å². The van der Waals surface area contributed by atoms with E-state index in [1.54, 1.807) is 12.1 Å². The molecule has 0 aliphatic heterocycles. The molecule has 0 unspecified atom stereocenters. The molecule has 1 amide bonds. The van der Waals surface area contributed by atoms with Gasteiger partial charge in [-0.05, 0) is 36.8 Å². The van der Waals surface area contributed by atoms with E-state index in [-0.39, 0.29) is 17.4 Å². The van der Waals surface area contributed by atoms with Crippen molar-refractivity contribution in [2.45, 2.75) is 6.92 Å². The zero-order chi connectivity index (χ0) is 13.1. The molecule has 2 rings (SSSR count). The number of nitrogens with two attached hydrogens (primary N) is 1. The van der Waals surface area contributed by atoms with E-state index in [4.69, 9.17) is 17.3 Å². The molecule has 0 fully saturated rings. The van der Waals surface area contributed by atoms with Gasteiger partial charge in [-0.3, -0.25) is 4.79 Å². The van der Waals surface area contributed by atoms with Gasteiger partial charge in [0.25, 0.3) is 5.91 Å². The minimum atomic E-state index is -0.354. The molecule has 3 N–H and O–H groups in total. The topological polar surface area (TPSA) is 80.9 Å². The third-order valence-electron chi connectivity index (χ3n) is 2.37. The molecule has 0 atom stereocenters. The second kappa shape index (κ2) is 5.01.